The maximum absolute atomic E-state index is 8.81. The van der Waals surface area contributed by atoms with E-state index in [-0.39, 0.29) is 5.03 Å². The van der Waals surface area contributed by atoms with E-state index in [0.29, 0.717) is 0 Å². The highest BCUT2D eigenvalue weighted by molar-refractivity contribution is 6.65. The minimum atomic E-state index is -1.74. The molecule has 0 fully saturated rings. The van der Waals surface area contributed by atoms with E-state index >= 15 is 0 Å². The van der Waals surface area contributed by atoms with Crippen LogP contribution in [0.4, 0.5) is 0 Å². The van der Waals surface area contributed by atoms with Crippen LogP contribution in [-0.4, -0.2) is 22.1 Å². The molecule has 0 saturated heterocycles. The highest BCUT2D eigenvalue weighted by Gasteiger charge is 2.43. The molecule has 1 unspecified atom stereocenters. The van der Waals surface area contributed by atoms with Crippen LogP contribution >= 0.6 is 23.2 Å². The number of alkyl halides is 1. The highest BCUT2D eigenvalue weighted by atomic mass is 35.5. The summed E-state index contributed by atoms with van der Waals surface area (Å²) >= 11 is 11.3. The van der Waals surface area contributed by atoms with Gasteiger partial charge in [-0.2, -0.15) is 0 Å². The summed E-state index contributed by atoms with van der Waals surface area (Å²) in [6.45, 7) is 0. The number of nitrogens with one attached hydrogen (secondary N) is 1. The van der Waals surface area contributed by atoms with Gasteiger partial charge in [0.2, 0.25) is 0 Å². The van der Waals surface area contributed by atoms with Crippen LogP contribution in [0, 0.1) is 0 Å². The second-order valence-corrected chi connectivity index (χ2v) is 3.11. The Hall–Kier alpha value is -0.155. The van der Waals surface area contributed by atoms with Crippen molar-refractivity contribution in [3.05, 3.63) is 23.4 Å². The fourth-order valence-corrected chi connectivity index (χ4v) is 1.04. The monoisotopic (exact) mass is 193 g/mol. The van der Waals surface area contributed by atoms with Crippen molar-refractivity contribution in [2.45, 2.75) is 4.90 Å². The standard InChI is InChI=1S/C5H6BCl2NO2/c7-4-2-1-3-9-5(4,8)6(10)11/h1-3,9-11H. The summed E-state index contributed by atoms with van der Waals surface area (Å²) in [4.78, 5) is -1.49. The Morgan fingerprint density at radius 3 is 2.55 bits per heavy atom. The first-order valence-corrected chi connectivity index (χ1v) is 3.68. The Labute approximate surface area is 74.5 Å². The minimum absolute atomic E-state index is 0.150. The van der Waals surface area contributed by atoms with Crippen molar-refractivity contribution >= 4 is 30.3 Å². The number of dihydropyridines is 1. The summed E-state index contributed by atoms with van der Waals surface area (Å²) in [5.74, 6) is 0. The van der Waals surface area contributed by atoms with Gasteiger partial charge in [0.25, 0.3) is 0 Å². The van der Waals surface area contributed by atoms with Crippen molar-refractivity contribution in [1.29, 1.82) is 0 Å². The van der Waals surface area contributed by atoms with Crippen LogP contribution in [-0.2, 0) is 0 Å². The fraction of sp³-hybridized carbons (Fsp3) is 0.200. The van der Waals surface area contributed by atoms with E-state index in [0.717, 1.165) is 0 Å². The molecule has 0 aromatic heterocycles. The second kappa shape index (κ2) is 3.07. The summed E-state index contributed by atoms with van der Waals surface area (Å²) < 4.78 is 0. The molecule has 1 aliphatic heterocycles. The molecule has 0 bridgehead atoms. The quantitative estimate of drug-likeness (QED) is 0.316. The Morgan fingerprint density at radius 1 is 1.55 bits per heavy atom. The Bertz CT molecular complexity index is 219. The van der Waals surface area contributed by atoms with Crippen LogP contribution in [0.2, 0.25) is 0 Å². The van der Waals surface area contributed by atoms with Gasteiger partial charge in [-0.3, -0.25) is 0 Å². The van der Waals surface area contributed by atoms with E-state index in [2.05, 4.69) is 5.32 Å². The highest BCUT2D eigenvalue weighted by Crippen LogP contribution is 2.28. The van der Waals surface area contributed by atoms with E-state index in [1.807, 2.05) is 0 Å². The zero-order valence-electron chi connectivity index (χ0n) is 5.46. The molecule has 1 heterocycles. The van der Waals surface area contributed by atoms with E-state index < -0.39 is 12.0 Å². The zero-order chi connectivity index (χ0) is 8.48. The minimum Gasteiger partial charge on any atom is -0.424 e. The van der Waals surface area contributed by atoms with Gasteiger partial charge in [0.05, 0.1) is 5.03 Å². The molecular weight excluding hydrogens is 188 g/mol. The molecule has 1 aliphatic rings. The maximum Gasteiger partial charge on any atom is 0.501 e. The van der Waals surface area contributed by atoms with Gasteiger partial charge >= 0.3 is 7.12 Å². The Morgan fingerprint density at radius 2 is 2.18 bits per heavy atom. The first-order valence-electron chi connectivity index (χ1n) is 2.93. The molecule has 1 atom stereocenters. The van der Waals surface area contributed by atoms with Gasteiger partial charge in [0.1, 0.15) is 0 Å². The molecule has 3 N–H and O–H groups in total. The number of hydrogen-bond donors (Lipinski definition) is 3. The molecule has 0 saturated carbocycles. The SMILES string of the molecule is OB(O)C1(Cl)NC=CC=C1Cl. The Kier molecular flexibility index (Phi) is 2.49. The summed E-state index contributed by atoms with van der Waals surface area (Å²) in [5, 5.41) is 20.3. The first-order chi connectivity index (χ1) is 5.07. The largest absolute Gasteiger partial charge is 0.501 e. The molecule has 1 rings (SSSR count). The predicted molar refractivity (Wildman–Crippen MR) is 45.0 cm³/mol. The third-order valence-electron chi connectivity index (χ3n) is 1.34. The molecule has 0 radical (unpaired) electrons. The normalized spacial score (nSPS) is 29.3. The van der Waals surface area contributed by atoms with Crippen molar-refractivity contribution in [1.82, 2.24) is 5.32 Å². The third-order valence-corrected chi connectivity index (χ3v) is 2.36. The third kappa shape index (κ3) is 1.54. The molecule has 0 amide bonds. The zero-order valence-corrected chi connectivity index (χ0v) is 6.97. The van der Waals surface area contributed by atoms with Crippen molar-refractivity contribution < 1.29 is 10.0 Å². The molecular formula is C5H6BCl2NO2. The van der Waals surface area contributed by atoms with Gasteiger partial charge in [0, 0.05) is 0 Å². The van der Waals surface area contributed by atoms with Crippen molar-refractivity contribution in [2.75, 3.05) is 0 Å². The van der Waals surface area contributed by atoms with Crippen LogP contribution in [0.5, 0.6) is 0 Å². The topological polar surface area (TPSA) is 52.5 Å². The van der Waals surface area contributed by atoms with E-state index in [4.69, 9.17) is 33.2 Å². The number of halogens is 2. The van der Waals surface area contributed by atoms with Gasteiger partial charge in [-0.15, -0.1) is 0 Å². The lowest BCUT2D eigenvalue weighted by Crippen LogP contribution is -2.52. The van der Waals surface area contributed by atoms with Gasteiger partial charge in [-0.25, -0.2) is 0 Å². The maximum atomic E-state index is 8.81. The lowest BCUT2D eigenvalue weighted by Gasteiger charge is -2.27. The molecule has 6 heteroatoms. The number of allylic oxidation sites excluding steroid dienone is 2. The summed E-state index contributed by atoms with van der Waals surface area (Å²) in [6, 6.07) is 0. The van der Waals surface area contributed by atoms with Crippen LogP contribution < -0.4 is 5.32 Å². The van der Waals surface area contributed by atoms with Crippen LogP contribution in [0.1, 0.15) is 0 Å². The molecule has 11 heavy (non-hydrogen) atoms. The van der Waals surface area contributed by atoms with Crippen molar-refractivity contribution in [2.24, 2.45) is 0 Å². The lowest BCUT2D eigenvalue weighted by atomic mass is 9.77. The summed E-state index contributed by atoms with van der Waals surface area (Å²) in [5.41, 5.74) is 0. The van der Waals surface area contributed by atoms with Gasteiger partial charge in [0.15, 0.2) is 4.90 Å². The predicted octanol–water partition coefficient (Wildman–Crippen LogP) is 0.173. The van der Waals surface area contributed by atoms with Gasteiger partial charge in [-0.05, 0) is 18.4 Å². The van der Waals surface area contributed by atoms with Crippen LogP contribution in [0.25, 0.3) is 0 Å². The number of hydrogen-bond acceptors (Lipinski definition) is 3. The van der Waals surface area contributed by atoms with E-state index in [1.165, 1.54) is 12.3 Å². The van der Waals surface area contributed by atoms with E-state index in [1.54, 1.807) is 6.08 Å². The molecule has 60 valence electrons. The first kappa shape index (κ1) is 8.94. The number of rotatable bonds is 1. The van der Waals surface area contributed by atoms with Gasteiger partial charge in [-0.1, -0.05) is 23.2 Å². The van der Waals surface area contributed by atoms with Crippen LogP contribution in [0.3, 0.4) is 0 Å². The summed E-state index contributed by atoms with van der Waals surface area (Å²) in [7, 11) is -1.74. The van der Waals surface area contributed by atoms with E-state index in [9.17, 15) is 0 Å². The van der Waals surface area contributed by atoms with Gasteiger partial charge < -0.3 is 15.4 Å². The molecule has 3 nitrogen and oxygen atoms in total. The molecule has 0 aromatic carbocycles. The average molecular weight is 194 g/mol. The summed E-state index contributed by atoms with van der Waals surface area (Å²) in [6.07, 6.45) is 4.59. The molecule has 0 aromatic rings. The Balaban J connectivity index is 2.88. The fourth-order valence-electron chi connectivity index (χ4n) is 0.690. The van der Waals surface area contributed by atoms with Crippen molar-refractivity contribution in [3.63, 3.8) is 0 Å². The van der Waals surface area contributed by atoms with Crippen molar-refractivity contribution in [3.8, 4) is 0 Å². The lowest BCUT2D eigenvalue weighted by molar-refractivity contribution is 0.378. The smallest absolute Gasteiger partial charge is 0.424 e. The average Bonchev–Trinajstić information content (AvgIpc) is 1.95. The molecule has 0 aliphatic carbocycles. The molecule has 0 spiro atoms. The van der Waals surface area contributed by atoms with Crippen LogP contribution in [0.15, 0.2) is 23.4 Å². The second-order valence-electron chi connectivity index (χ2n) is 2.10.